The van der Waals surface area contributed by atoms with Gasteiger partial charge in [0.25, 0.3) is 0 Å². The molecule has 6 heteroatoms. The molecule has 3 rings (SSSR count). The average molecular weight is 321 g/mol. The lowest BCUT2D eigenvalue weighted by atomic mass is 10.2. The van der Waals surface area contributed by atoms with E-state index in [0.29, 0.717) is 12.2 Å². The van der Waals surface area contributed by atoms with Gasteiger partial charge in [0.1, 0.15) is 0 Å². The second-order valence-electron chi connectivity index (χ2n) is 5.46. The highest BCUT2D eigenvalue weighted by atomic mass is 16.2. The summed E-state index contributed by atoms with van der Waals surface area (Å²) in [5, 5.41) is 10.2. The van der Waals surface area contributed by atoms with Crippen LogP contribution < -0.4 is 16.4 Å². The van der Waals surface area contributed by atoms with Gasteiger partial charge >= 0.3 is 6.03 Å². The van der Waals surface area contributed by atoms with E-state index >= 15 is 0 Å². The molecule has 1 aromatic heterocycles. The van der Waals surface area contributed by atoms with Crippen LogP contribution in [0.2, 0.25) is 0 Å². The molecule has 0 aliphatic carbocycles. The lowest BCUT2D eigenvalue weighted by Crippen LogP contribution is -2.19. The van der Waals surface area contributed by atoms with Crippen molar-refractivity contribution < 1.29 is 4.79 Å². The van der Waals surface area contributed by atoms with Gasteiger partial charge < -0.3 is 16.4 Å². The maximum absolute atomic E-state index is 10.9. The van der Waals surface area contributed by atoms with Gasteiger partial charge in [-0.15, -0.1) is 0 Å². The van der Waals surface area contributed by atoms with Crippen molar-refractivity contribution in [3.63, 3.8) is 0 Å². The Morgan fingerprint density at radius 1 is 1.04 bits per heavy atom. The van der Waals surface area contributed by atoms with E-state index in [9.17, 15) is 4.79 Å². The summed E-state index contributed by atoms with van der Waals surface area (Å²) in [5.41, 5.74) is 8.98. The van der Waals surface area contributed by atoms with Crippen molar-refractivity contribution in [2.75, 3.05) is 10.6 Å². The molecular formula is C18H19N5O. The number of carbonyl (C=O) groups is 1. The molecule has 6 nitrogen and oxygen atoms in total. The standard InChI is InChI=1S/C18H19N5O/c19-18(24)22-17-8-4-7-16(9-17)20-10-15-11-21-23(13-15)12-14-5-2-1-3-6-14/h1-9,11,13,20H,10,12H2,(H3,19,22,24). The maximum atomic E-state index is 10.9. The molecule has 0 aliphatic heterocycles. The lowest BCUT2D eigenvalue weighted by Gasteiger charge is -2.07. The molecule has 122 valence electrons. The molecule has 24 heavy (non-hydrogen) atoms. The third-order valence-corrected chi connectivity index (χ3v) is 3.50. The summed E-state index contributed by atoms with van der Waals surface area (Å²) in [6, 6.07) is 17.0. The molecule has 4 N–H and O–H groups in total. The molecular weight excluding hydrogens is 302 g/mol. The Morgan fingerprint density at radius 3 is 2.62 bits per heavy atom. The van der Waals surface area contributed by atoms with Gasteiger partial charge in [-0.05, 0) is 23.8 Å². The summed E-state index contributed by atoms with van der Waals surface area (Å²) in [7, 11) is 0. The first-order chi connectivity index (χ1) is 11.7. The summed E-state index contributed by atoms with van der Waals surface area (Å²) < 4.78 is 1.91. The number of nitrogens with two attached hydrogens (primary N) is 1. The smallest absolute Gasteiger partial charge is 0.316 e. The van der Waals surface area contributed by atoms with Crippen LogP contribution in [0.3, 0.4) is 0 Å². The van der Waals surface area contributed by atoms with Gasteiger partial charge in [-0.3, -0.25) is 4.68 Å². The van der Waals surface area contributed by atoms with Crippen molar-refractivity contribution >= 4 is 17.4 Å². The number of nitrogens with one attached hydrogen (secondary N) is 2. The van der Waals surface area contributed by atoms with Crippen molar-refractivity contribution in [1.29, 1.82) is 0 Å². The Hall–Kier alpha value is -3.28. The second kappa shape index (κ2) is 7.32. The van der Waals surface area contributed by atoms with Crippen LogP contribution in [-0.4, -0.2) is 15.8 Å². The molecule has 3 aromatic rings. The number of rotatable bonds is 6. The monoisotopic (exact) mass is 321 g/mol. The quantitative estimate of drug-likeness (QED) is 0.652. The van der Waals surface area contributed by atoms with Crippen molar-refractivity contribution in [3.8, 4) is 0 Å². The van der Waals surface area contributed by atoms with Crippen molar-refractivity contribution in [3.05, 3.63) is 78.1 Å². The summed E-state index contributed by atoms with van der Waals surface area (Å²) in [6.07, 6.45) is 3.87. The van der Waals surface area contributed by atoms with Gasteiger partial charge in [0.2, 0.25) is 0 Å². The molecule has 0 spiro atoms. The highest BCUT2D eigenvalue weighted by molar-refractivity contribution is 5.88. The van der Waals surface area contributed by atoms with E-state index in [1.165, 1.54) is 5.56 Å². The fourth-order valence-corrected chi connectivity index (χ4v) is 2.41. The Balaban J connectivity index is 1.58. The molecule has 0 atom stereocenters. The third-order valence-electron chi connectivity index (χ3n) is 3.50. The number of aromatic nitrogens is 2. The summed E-state index contributed by atoms with van der Waals surface area (Å²) in [6.45, 7) is 1.40. The average Bonchev–Trinajstić information content (AvgIpc) is 3.01. The molecule has 2 aromatic carbocycles. The number of carbonyl (C=O) groups excluding carboxylic acids is 1. The van der Waals surface area contributed by atoms with E-state index in [4.69, 9.17) is 5.73 Å². The zero-order valence-electron chi connectivity index (χ0n) is 13.1. The molecule has 1 heterocycles. The fraction of sp³-hybridized carbons (Fsp3) is 0.111. The van der Waals surface area contributed by atoms with E-state index in [-0.39, 0.29) is 0 Å². The number of hydrogen-bond donors (Lipinski definition) is 3. The first-order valence-corrected chi connectivity index (χ1v) is 7.65. The number of anilines is 2. The summed E-state index contributed by atoms with van der Waals surface area (Å²) >= 11 is 0. The van der Waals surface area contributed by atoms with E-state index in [2.05, 4.69) is 27.9 Å². The van der Waals surface area contributed by atoms with Crippen LogP contribution >= 0.6 is 0 Å². The fourth-order valence-electron chi connectivity index (χ4n) is 2.41. The highest BCUT2D eigenvalue weighted by Crippen LogP contribution is 2.16. The first kappa shape index (κ1) is 15.6. The number of nitrogens with zero attached hydrogens (tertiary/aromatic N) is 2. The minimum absolute atomic E-state index is 0.575. The molecule has 0 fully saturated rings. The molecule has 0 radical (unpaired) electrons. The molecule has 0 unspecified atom stereocenters. The first-order valence-electron chi connectivity index (χ1n) is 7.65. The largest absolute Gasteiger partial charge is 0.381 e. The Morgan fingerprint density at radius 2 is 1.83 bits per heavy atom. The SMILES string of the molecule is NC(=O)Nc1cccc(NCc2cnn(Cc3ccccc3)c2)c1. The van der Waals surface area contributed by atoms with Crippen LogP contribution in [0.5, 0.6) is 0 Å². The predicted molar refractivity (Wildman–Crippen MR) is 94.7 cm³/mol. The Labute approximate surface area is 140 Å². The van der Waals surface area contributed by atoms with Gasteiger partial charge in [-0.25, -0.2) is 4.79 Å². The summed E-state index contributed by atoms with van der Waals surface area (Å²) in [4.78, 5) is 10.9. The van der Waals surface area contributed by atoms with Gasteiger partial charge in [-0.1, -0.05) is 36.4 Å². The van der Waals surface area contributed by atoms with Crippen LogP contribution in [0.4, 0.5) is 16.2 Å². The van der Waals surface area contributed by atoms with Crippen LogP contribution in [0.25, 0.3) is 0 Å². The van der Waals surface area contributed by atoms with E-state index < -0.39 is 6.03 Å². The number of hydrogen-bond acceptors (Lipinski definition) is 3. The van der Waals surface area contributed by atoms with Gasteiger partial charge in [-0.2, -0.15) is 5.10 Å². The van der Waals surface area contributed by atoms with Gasteiger partial charge in [0, 0.05) is 29.7 Å². The predicted octanol–water partition coefficient (Wildman–Crippen LogP) is 3.03. The minimum atomic E-state index is -0.575. The number of urea groups is 1. The normalized spacial score (nSPS) is 10.3. The molecule has 0 saturated heterocycles. The Bertz CT molecular complexity index is 813. The molecule has 0 bridgehead atoms. The van der Waals surface area contributed by atoms with Gasteiger partial charge in [0.15, 0.2) is 0 Å². The third kappa shape index (κ3) is 4.36. The molecule has 0 aliphatic rings. The van der Waals surface area contributed by atoms with Crippen LogP contribution in [-0.2, 0) is 13.1 Å². The maximum Gasteiger partial charge on any atom is 0.316 e. The highest BCUT2D eigenvalue weighted by Gasteiger charge is 2.02. The zero-order valence-corrected chi connectivity index (χ0v) is 13.1. The van der Waals surface area contributed by atoms with E-state index in [0.717, 1.165) is 17.8 Å². The van der Waals surface area contributed by atoms with Crippen molar-refractivity contribution in [2.24, 2.45) is 5.73 Å². The van der Waals surface area contributed by atoms with Crippen LogP contribution in [0.1, 0.15) is 11.1 Å². The minimum Gasteiger partial charge on any atom is -0.381 e. The number of primary amides is 1. The molecule has 2 amide bonds. The topological polar surface area (TPSA) is 85.0 Å². The zero-order chi connectivity index (χ0) is 16.8. The molecule has 0 saturated carbocycles. The van der Waals surface area contributed by atoms with Crippen LogP contribution in [0, 0.1) is 0 Å². The van der Waals surface area contributed by atoms with Gasteiger partial charge in [0.05, 0.1) is 12.7 Å². The number of benzene rings is 2. The Kier molecular flexibility index (Phi) is 4.76. The lowest BCUT2D eigenvalue weighted by molar-refractivity contribution is 0.259. The van der Waals surface area contributed by atoms with E-state index in [1.807, 2.05) is 53.5 Å². The summed E-state index contributed by atoms with van der Waals surface area (Å²) in [5.74, 6) is 0. The van der Waals surface area contributed by atoms with E-state index in [1.54, 1.807) is 6.07 Å². The second-order valence-corrected chi connectivity index (χ2v) is 5.46. The number of amides is 2. The van der Waals surface area contributed by atoms with Crippen molar-refractivity contribution in [1.82, 2.24) is 9.78 Å². The van der Waals surface area contributed by atoms with Crippen LogP contribution in [0.15, 0.2) is 67.0 Å². The van der Waals surface area contributed by atoms with Crippen molar-refractivity contribution in [2.45, 2.75) is 13.1 Å².